The molecule has 1 N–H and O–H groups in total. The first-order valence-corrected chi connectivity index (χ1v) is 11.0. The summed E-state index contributed by atoms with van der Waals surface area (Å²) in [5.74, 6) is -0.637. The van der Waals surface area contributed by atoms with E-state index in [9.17, 15) is 12.8 Å². The minimum absolute atomic E-state index is 0.0320. The van der Waals surface area contributed by atoms with Gasteiger partial charge in [-0.15, -0.1) is 0 Å². The average molecular weight is 414 g/mol. The van der Waals surface area contributed by atoms with E-state index in [0.717, 1.165) is 43.8 Å². The van der Waals surface area contributed by atoms with E-state index in [1.54, 1.807) is 0 Å². The largest absolute Gasteiger partial charge is 0.353 e. The van der Waals surface area contributed by atoms with Crippen molar-refractivity contribution >= 4 is 21.6 Å². The third-order valence-corrected chi connectivity index (χ3v) is 6.79. The maximum Gasteiger partial charge on any atom is 0.240 e. The molecule has 27 heavy (non-hydrogen) atoms. The van der Waals surface area contributed by atoms with E-state index in [1.807, 2.05) is 29.9 Å². The van der Waals surface area contributed by atoms with Crippen molar-refractivity contribution in [3.8, 4) is 0 Å². The molecule has 1 atom stereocenters. The Kier molecular flexibility index (Phi) is 6.57. The van der Waals surface area contributed by atoms with E-state index in [0.29, 0.717) is 0 Å². The number of sulfonamides is 1. The average Bonchev–Trinajstić information content (AvgIpc) is 2.88. The molecule has 148 valence electrons. The molecular weight excluding hydrogens is 389 g/mol. The number of rotatable bonds is 6. The highest BCUT2D eigenvalue weighted by Crippen LogP contribution is 2.25. The highest BCUT2D eigenvalue weighted by molar-refractivity contribution is 7.89. The van der Waals surface area contributed by atoms with Gasteiger partial charge in [-0.3, -0.25) is 4.90 Å². The number of likely N-dealkylation sites (tertiary alicyclic amines) is 1. The van der Waals surface area contributed by atoms with Crippen LogP contribution in [0.5, 0.6) is 0 Å². The summed E-state index contributed by atoms with van der Waals surface area (Å²) in [6.45, 7) is 2.13. The van der Waals surface area contributed by atoms with Crippen LogP contribution in [0.4, 0.5) is 4.39 Å². The summed E-state index contributed by atoms with van der Waals surface area (Å²) in [5, 5.41) is -0.204. The van der Waals surface area contributed by atoms with Crippen LogP contribution >= 0.6 is 11.6 Å². The minimum Gasteiger partial charge on any atom is -0.353 e. The zero-order chi connectivity index (χ0) is 19.4. The van der Waals surface area contributed by atoms with E-state index in [2.05, 4.69) is 9.62 Å². The second-order valence-electron chi connectivity index (χ2n) is 6.94. The standard InChI is InChI=1S/C19H25ClFN3O2S/c1-23-10-6-7-18(23)19(24-11-4-2-3-5-12-24)14-22-27(25,26)15-8-9-17(21)16(20)13-15/h6-10,13,19,22H,2-5,11-12,14H2,1H3. The Bertz CT molecular complexity index is 877. The first-order valence-electron chi connectivity index (χ1n) is 9.18. The first kappa shape index (κ1) is 20.3. The number of aromatic nitrogens is 1. The van der Waals surface area contributed by atoms with E-state index >= 15 is 0 Å². The molecule has 2 heterocycles. The molecule has 8 heteroatoms. The van der Waals surface area contributed by atoms with Gasteiger partial charge in [-0.2, -0.15) is 0 Å². The van der Waals surface area contributed by atoms with Crippen molar-refractivity contribution in [1.82, 2.24) is 14.2 Å². The van der Waals surface area contributed by atoms with E-state index in [1.165, 1.54) is 18.9 Å². The van der Waals surface area contributed by atoms with Gasteiger partial charge in [0.2, 0.25) is 10.0 Å². The van der Waals surface area contributed by atoms with Crippen molar-refractivity contribution in [3.63, 3.8) is 0 Å². The van der Waals surface area contributed by atoms with Crippen LogP contribution in [0.15, 0.2) is 41.4 Å². The van der Waals surface area contributed by atoms with Crippen LogP contribution in [0.25, 0.3) is 0 Å². The van der Waals surface area contributed by atoms with Crippen molar-refractivity contribution in [1.29, 1.82) is 0 Å². The predicted octanol–water partition coefficient (Wildman–Crippen LogP) is 3.71. The zero-order valence-corrected chi connectivity index (χ0v) is 16.9. The summed E-state index contributed by atoms with van der Waals surface area (Å²) in [7, 11) is -1.82. The van der Waals surface area contributed by atoms with Gasteiger partial charge in [-0.05, 0) is 56.3 Å². The number of hydrogen-bond acceptors (Lipinski definition) is 3. The Balaban J connectivity index is 1.81. The van der Waals surface area contributed by atoms with Gasteiger partial charge in [0.1, 0.15) is 5.82 Å². The third-order valence-electron chi connectivity index (χ3n) is 5.07. The molecule has 1 aromatic carbocycles. The number of hydrogen-bond donors (Lipinski definition) is 1. The number of nitrogens with zero attached hydrogens (tertiary/aromatic N) is 2. The van der Waals surface area contributed by atoms with Gasteiger partial charge in [0.15, 0.2) is 0 Å². The maximum absolute atomic E-state index is 13.4. The van der Waals surface area contributed by atoms with E-state index < -0.39 is 15.8 Å². The SMILES string of the molecule is Cn1cccc1C(CNS(=O)(=O)c1ccc(F)c(Cl)c1)N1CCCCCC1. The smallest absolute Gasteiger partial charge is 0.240 e. The van der Waals surface area contributed by atoms with Gasteiger partial charge in [-0.1, -0.05) is 24.4 Å². The molecule has 5 nitrogen and oxygen atoms in total. The molecule has 1 aliphatic rings. The minimum atomic E-state index is -3.78. The molecular formula is C19H25ClFN3O2S. The molecule has 0 spiro atoms. The van der Waals surface area contributed by atoms with E-state index in [4.69, 9.17) is 11.6 Å². The fourth-order valence-corrected chi connectivity index (χ4v) is 4.87. The topological polar surface area (TPSA) is 54.3 Å². The molecule has 1 aliphatic heterocycles. The highest BCUT2D eigenvalue weighted by atomic mass is 35.5. The molecule has 2 aromatic rings. The lowest BCUT2D eigenvalue weighted by molar-refractivity contribution is 0.199. The van der Waals surface area contributed by atoms with Gasteiger partial charge in [-0.25, -0.2) is 17.5 Å². The number of benzene rings is 1. The van der Waals surface area contributed by atoms with Crippen LogP contribution in [0, 0.1) is 5.82 Å². The Morgan fingerprint density at radius 1 is 1.19 bits per heavy atom. The van der Waals surface area contributed by atoms with Crippen molar-refractivity contribution in [2.75, 3.05) is 19.6 Å². The second-order valence-corrected chi connectivity index (χ2v) is 9.11. The zero-order valence-electron chi connectivity index (χ0n) is 15.4. The van der Waals surface area contributed by atoms with Crippen LogP contribution in [0.3, 0.4) is 0 Å². The summed E-state index contributed by atoms with van der Waals surface area (Å²) in [5.41, 5.74) is 1.07. The number of halogens is 2. The molecule has 0 bridgehead atoms. The molecule has 0 aliphatic carbocycles. The van der Waals surface area contributed by atoms with Crippen LogP contribution < -0.4 is 4.72 Å². The lowest BCUT2D eigenvalue weighted by Gasteiger charge is -2.31. The van der Waals surface area contributed by atoms with Gasteiger partial charge in [0.25, 0.3) is 0 Å². The van der Waals surface area contributed by atoms with Crippen LogP contribution in [0.2, 0.25) is 5.02 Å². The van der Waals surface area contributed by atoms with Crippen molar-refractivity contribution in [2.45, 2.75) is 36.6 Å². The lowest BCUT2D eigenvalue weighted by Crippen LogP contribution is -2.39. The highest BCUT2D eigenvalue weighted by Gasteiger charge is 2.26. The molecule has 0 radical (unpaired) electrons. The third kappa shape index (κ3) is 4.90. The summed E-state index contributed by atoms with van der Waals surface area (Å²) in [4.78, 5) is 2.32. The fraction of sp³-hybridized carbons (Fsp3) is 0.474. The number of aryl methyl sites for hydroxylation is 1. The quantitative estimate of drug-likeness (QED) is 0.785. The predicted molar refractivity (Wildman–Crippen MR) is 105 cm³/mol. The van der Waals surface area contributed by atoms with Gasteiger partial charge in [0, 0.05) is 25.5 Å². The van der Waals surface area contributed by atoms with Crippen LogP contribution in [-0.4, -0.2) is 37.5 Å². The van der Waals surface area contributed by atoms with Crippen LogP contribution in [-0.2, 0) is 17.1 Å². The lowest BCUT2D eigenvalue weighted by atomic mass is 10.1. The van der Waals surface area contributed by atoms with Crippen molar-refractivity contribution in [2.24, 2.45) is 7.05 Å². The first-order chi connectivity index (χ1) is 12.9. The Morgan fingerprint density at radius 3 is 2.48 bits per heavy atom. The van der Waals surface area contributed by atoms with Crippen molar-refractivity contribution < 1.29 is 12.8 Å². The van der Waals surface area contributed by atoms with Crippen LogP contribution in [0.1, 0.15) is 37.4 Å². The molecule has 1 unspecified atom stereocenters. The molecule has 3 rings (SSSR count). The Morgan fingerprint density at radius 2 is 1.89 bits per heavy atom. The Labute approximate surface area is 165 Å². The maximum atomic E-state index is 13.4. The van der Waals surface area contributed by atoms with Gasteiger partial charge >= 0.3 is 0 Å². The molecule has 1 saturated heterocycles. The molecule has 1 fully saturated rings. The summed E-state index contributed by atoms with van der Waals surface area (Å²) in [6, 6.07) is 7.37. The summed E-state index contributed by atoms with van der Waals surface area (Å²) in [6.07, 6.45) is 6.60. The van der Waals surface area contributed by atoms with Crippen molar-refractivity contribution in [3.05, 3.63) is 53.1 Å². The van der Waals surface area contributed by atoms with Gasteiger partial charge < -0.3 is 4.57 Å². The molecule has 1 aromatic heterocycles. The van der Waals surface area contributed by atoms with Gasteiger partial charge in [0.05, 0.1) is 16.0 Å². The Hall–Kier alpha value is -1.41. The monoisotopic (exact) mass is 413 g/mol. The second kappa shape index (κ2) is 8.73. The fourth-order valence-electron chi connectivity index (χ4n) is 3.56. The summed E-state index contributed by atoms with van der Waals surface area (Å²) < 4.78 is 43.4. The number of nitrogens with one attached hydrogen (secondary N) is 1. The van der Waals surface area contributed by atoms with E-state index in [-0.39, 0.29) is 22.5 Å². The summed E-state index contributed by atoms with van der Waals surface area (Å²) >= 11 is 5.75. The molecule has 0 amide bonds. The normalized spacial score (nSPS) is 17.6. The molecule has 0 saturated carbocycles.